The summed E-state index contributed by atoms with van der Waals surface area (Å²) < 4.78 is 0. The van der Waals surface area contributed by atoms with Crippen molar-refractivity contribution in [1.82, 2.24) is 10.2 Å². The Bertz CT molecular complexity index is 276. The van der Waals surface area contributed by atoms with Crippen LogP contribution in [0.4, 0.5) is 0 Å². The average molecular weight is 252 g/mol. The standard InChI is InChI=1S/C15H28N2O/c1-15(16-2)9-11-17(12-10-15)14(18)8-7-13-5-3-4-6-13/h13,16H,3-12H2,1-2H3. The van der Waals surface area contributed by atoms with E-state index < -0.39 is 0 Å². The zero-order chi connectivity index (χ0) is 13.0. The maximum absolute atomic E-state index is 12.2. The highest BCUT2D eigenvalue weighted by atomic mass is 16.2. The molecule has 0 aromatic heterocycles. The van der Waals surface area contributed by atoms with Crippen molar-refractivity contribution in [2.75, 3.05) is 20.1 Å². The van der Waals surface area contributed by atoms with Crippen LogP contribution in [0.2, 0.25) is 0 Å². The van der Waals surface area contributed by atoms with Crippen molar-refractivity contribution in [2.45, 2.75) is 63.8 Å². The lowest BCUT2D eigenvalue weighted by atomic mass is 9.89. The predicted octanol–water partition coefficient (Wildman–Crippen LogP) is 2.56. The lowest BCUT2D eigenvalue weighted by Crippen LogP contribution is -2.51. The smallest absolute Gasteiger partial charge is 0.222 e. The molecule has 0 unspecified atom stereocenters. The van der Waals surface area contributed by atoms with Crippen LogP contribution >= 0.6 is 0 Å². The number of piperidine rings is 1. The van der Waals surface area contributed by atoms with Gasteiger partial charge < -0.3 is 10.2 Å². The molecule has 0 radical (unpaired) electrons. The van der Waals surface area contributed by atoms with Crippen molar-refractivity contribution in [3.8, 4) is 0 Å². The Kier molecular flexibility index (Phi) is 4.66. The summed E-state index contributed by atoms with van der Waals surface area (Å²) in [5.74, 6) is 1.22. The Morgan fingerprint density at radius 3 is 2.44 bits per heavy atom. The first-order valence-corrected chi connectivity index (χ1v) is 7.60. The normalized spacial score (nSPS) is 24.4. The van der Waals surface area contributed by atoms with E-state index in [9.17, 15) is 4.79 Å². The van der Waals surface area contributed by atoms with E-state index in [1.807, 2.05) is 7.05 Å². The van der Waals surface area contributed by atoms with Crippen molar-refractivity contribution < 1.29 is 4.79 Å². The Hall–Kier alpha value is -0.570. The van der Waals surface area contributed by atoms with Crippen molar-refractivity contribution >= 4 is 5.91 Å². The molecule has 3 heteroatoms. The summed E-state index contributed by atoms with van der Waals surface area (Å²) in [5.41, 5.74) is 0.238. The lowest BCUT2D eigenvalue weighted by Gasteiger charge is -2.39. The quantitative estimate of drug-likeness (QED) is 0.834. The van der Waals surface area contributed by atoms with Gasteiger partial charge in [0.15, 0.2) is 0 Å². The molecule has 2 aliphatic rings. The fourth-order valence-electron chi connectivity index (χ4n) is 3.28. The van der Waals surface area contributed by atoms with E-state index in [-0.39, 0.29) is 5.54 Å². The number of likely N-dealkylation sites (tertiary alicyclic amines) is 1. The molecule has 0 spiro atoms. The van der Waals surface area contributed by atoms with Gasteiger partial charge in [0.1, 0.15) is 0 Å². The summed E-state index contributed by atoms with van der Waals surface area (Å²) in [5, 5.41) is 3.38. The number of hydrogen-bond acceptors (Lipinski definition) is 2. The minimum atomic E-state index is 0.238. The van der Waals surface area contributed by atoms with Crippen LogP contribution in [0, 0.1) is 5.92 Å². The molecule has 1 N–H and O–H groups in total. The van der Waals surface area contributed by atoms with Crippen molar-refractivity contribution in [3.63, 3.8) is 0 Å². The molecule has 104 valence electrons. The van der Waals surface area contributed by atoms with Gasteiger partial charge in [-0.2, -0.15) is 0 Å². The van der Waals surface area contributed by atoms with Crippen molar-refractivity contribution in [2.24, 2.45) is 5.92 Å². The lowest BCUT2D eigenvalue weighted by molar-refractivity contribution is -0.133. The first kappa shape index (κ1) is 13.9. The maximum atomic E-state index is 12.2. The summed E-state index contributed by atoms with van der Waals surface area (Å²) in [6, 6.07) is 0. The number of amides is 1. The number of carbonyl (C=O) groups is 1. The highest BCUT2D eigenvalue weighted by molar-refractivity contribution is 5.76. The molecular formula is C15H28N2O. The van der Waals surface area contributed by atoms with Gasteiger partial charge in [-0.05, 0) is 39.2 Å². The Morgan fingerprint density at radius 2 is 1.89 bits per heavy atom. The molecule has 18 heavy (non-hydrogen) atoms. The summed E-state index contributed by atoms with van der Waals surface area (Å²) in [6.07, 6.45) is 9.53. The van der Waals surface area contributed by atoms with Gasteiger partial charge in [-0.1, -0.05) is 25.7 Å². The van der Waals surface area contributed by atoms with Gasteiger partial charge >= 0.3 is 0 Å². The number of nitrogens with zero attached hydrogens (tertiary/aromatic N) is 1. The van der Waals surface area contributed by atoms with Crippen LogP contribution in [0.1, 0.15) is 58.3 Å². The van der Waals surface area contributed by atoms with Crippen LogP contribution in [0.3, 0.4) is 0 Å². The zero-order valence-electron chi connectivity index (χ0n) is 12.0. The molecular weight excluding hydrogens is 224 g/mol. The van der Waals surface area contributed by atoms with Gasteiger partial charge in [0.25, 0.3) is 0 Å². The Morgan fingerprint density at radius 1 is 1.28 bits per heavy atom. The average Bonchev–Trinajstić information content (AvgIpc) is 2.90. The highest BCUT2D eigenvalue weighted by Crippen LogP contribution is 2.29. The van der Waals surface area contributed by atoms with Crippen LogP contribution in [0.25, 0.3) is 0 Å². The minimum Gasteiger partial charge on any atom is -0.343 e. The largest absolute Gasteiger partial charge is 0.343 e. The molecule has 1 amide bonds. The summed E-state index contributed by atoms with van der Waals surface area (Å²) in [7, 11) is 2.03. The molecule has 1 heterocycles. The Balaban J connectivity index is 1.70. The third-order valence-corrected chi connectivity index (χ3v) is 5.06. The van der Waals surface area contributed by atoms with Crippen LogP contribution in [-0.2, 0) is 4.79 Å². The van der Waals surface area contributed by atoms with E-state index in [1.54, 1.807) is 0 Å². The predicted molar refractivity (Wildman–Crippen MR) is 74.5 cm³/mol. The van der Waals surface area contributed by atoms with Gasteiger partial charge in [0.05, 0.1) is 0 Å². The molecule has 0 aromatic carbocycles. The van der Waals surface area contributed by atoms with Gasteiger partial charge in [-0.25, -0.2) is 0 Å². The molecule has 1 aliphatic heterocycles. The van der Waals surface area contributed by atoms with Crippen molar-refractivity contribution in [1.29, 1.82) is 0 Å². The molecule has 1 saturated heterocycles. The maximum Gasteiger partial charge on any atom is 0.222 e. The molecule has 0 aromatic rings. The first-order chi connectivity index (χ1) is 8.63. The number of carbonyl (C=O) groups excluding carboxylic acids is 1. The highest BCUT2D eigenvalue weighted by Gasteiger charge is 2.30. The monoisotopic (exact) mass is 252 g/mol. The molecule has 1 aliphatic carbocycles. The fourth-order valence-corrected chi connectivity index (χ4v) is 3.28. The van der Waals surface area contributed by atoms with E-state index >= 15 is 0 Å². The second-order valence-corrected chi connectivity index (χ2v) is 6.38. The summed E-state index contributed by atoms with van der Waals surface area (Å²) in [6.45, 7) is 4.12. The van der Waals surface area contributed by atoms with E-state index in [0.717, 1.165) is 44.7 Å². The van der Waals surface area contributed by atoms with Gasteiger partial charge in [0, 0.05) is 25.0 Å². The third kappa shape index (κ3) is 3.47. The van der Waals surface area contributed by atoms with Crippen LogP contribution in [0.15, 0.2) is 0 Å². The third-order valence-electron chi connectivity index (χ3n) is 5.06. The first-order valence-electron chi connectivity index (χ1n) is 7.60. The molecule has 2 fully saturated rings. The molecule has 3 nitrogen and oxygen atoms in total. The van der Waals surface area contributed by atoms with E-state index in [4.69, 9.17) is 0 Å². The van der Waals surface area contributed by atoms with Gasteiger partial charge in [-0.15, -0.1) is 0 Å². The van der Waals surface area contributed by atoms with E-state index in [0.29, 0.717) is 5.91 Å². The van der Waals surface area contributed by atoms with Crippen molar-refractivity contribution in [3.05, 3.63) is 0 Å². The molecule has 1 saturated carbocycles. The topological polar surface area (TPSA) is 32.3 Å². The van der Waals surface area contributed by atoms with E-state index in [2.05, 4.69) is 17.1 Å². The number of hydrogen-bond donors (Lipinski definition) is 1. The molecule has 2 rings (SSSR count). The second-order valence-electron chi connectivity index (χ2n) is 6.38. The molecule has 0 bridgehead atoms. The summed E-state index contributed by atoms with van der Waals surface area (Å²) >= 11 is 0. The Labute approximate surface area is 111 Å². The van der Waals surface area contributed by atoms with Gasteiger partial charge in [-0.3, -0.25) is 4.79 Å². The fraction of sp³-hybridized carbons (Fsp3) is 0.933. The number of rotatable bonds is 4. The van der Waals surface area contributed by atoms with Crippen LogP contribution < -0.4 is 5.32 Å². The van der Waals surface area contributed by atoms with Crippen LogP contribution in [-0.4, -0.2) is 36.5 Å². The zero-order valence-corrected chi connectivity index (χ0v) is 12.0. The van der Waals surface area contributed by atoms with Crippen LogP contribution in [0.5, 0.6) is 0 Å². The molecule has 0 atom stereocenters. The second kappa shape index (κ2) is 6.05. The van der Waals surface area contributed by atoms with Gasteiger partial charge in [0.2, 0.25) is 5.91 Å². The SMILES string of the molecule is CNC1(C)CCN(C(=O)CCC2CCCC2)CC1. The summed E-state index contributed by atoms with van der Waals surface area (Å²) in [4.78, 5) is 14.2. The van der Waals surface area contributed by atoms with E-state index in [1.165, 1.54) is 25.7 Å². The number of nitrogens with one attached hydrogen (secondary N) is 1. The minimum absolute atomic E-state index is 0.238.